The number of carbonyl (C=O) groups excluding carboxylic acids is 1. The van der Waals surface area contributed by atoms with Crippen molar-refractivity contribution in [3.8, 4) is 23.3 Å². The van der Waals surface area contributed by atoms with Gasteiger partial charge in [-0.15, -0.1) is 0 Å². The zero-order chi connectivity index (χ0) is 22.0. The van der Waals surface area contributed by atoms with Crippen LogP contribution >= 0.6 is 0 Å². The Bertz CT molecular complexity index is 1120. The molecule has 1 heterocycles. The zero-order valence-electron chi connectivity index (χ0n) is 15.8. The first-order valence-electron chi connectivity index (χ1n) is 8.77. The third-order valence-corrected chi connectivity index (χ3v) is 4.63. The van der Waals surface area contributed by atoms with Crippen LogP contribution in [0.25, 0.3) is 5.76 Å². The number of nitro benzene ring substituents is 1. The fraction of sp³-hybridized carbons (Fsp3) is 0.200. The number of amides is 1. The number of carbonyl (C=O) groups is 1. The molecule has 0 saturated carbocycles. The minimum Gasteiger partial charge on any atom is -0.506 e. The predicted octanol–water partition coefficient (Wildman–Crippen LogP) is 2.39. The Balaban J connectivity index is 1.90. The minimum atomic E-state index is -0.989. The van der Waals surface area contributed by atoms with Gasteiger partial charge in [0.1, 0.15) is 17.6 Å². The molecule has 10 nitrogen and oxygen atoms in total. The fourth-order valence-electron chi connectivity index (χ4n) is 3.07. The molecule has 1 aliphatic heterocycles. The second kappa shape index (κ2) is 8.00. The van der Waals surface area contributed by atoms with Gasteiger partial charge >= 0.3 is 5.69 Å². The number of hydrogen-bond acceptors (Lipinski definition) is 8. The average molecular weight is 411 g/mol. The number of hydrogen-bond donors (Lipinski definition) is 3. The maximum Gasteiger partial charge on any atom is 0.315 e. The minimum absolute atomic E-state index is 0.120. The SMILES string of the molecule is CN(Cc1ccc2c(c1)OCC2)C(=O)/C(C#N)=C(\O)c1cc(O)c(O)c([N+](=O)[O-])c1. The Kier molecular flexibility index (Phi) is 5.46. The lowest BCUT2D eigenvalue weighted by molar-refractivity contribution is -0.386. The van der Waals surface area contributed by atoms with Crippen LogP contribution in [0.5, 0.6) is 17.2 Å². The molecule has 0 atom stereocenters. The number of rotatable bonds is 5. The van der Waals surface area contributed by atoms with E-state index in [1.807, 2.05) is 12.1 Å². The quantitative estimate of drug-likeness (QED) is 0.169. The van der Waals surface area contributed by atoms with E-state index in [4.69, 9.17) is 4.74 Å². The van der Waals surface area contributed by atoms with Crippen molar-refractivity contribution < 1.29 is 29.8 Å². The Morgan fingerprint density at radius 1 is 1.33 bits per heavy atom. The van der Waals surface area contributed by atoms with E-state index in [2.05, 4.69) is 0 Å². The van der Waals surface area contributed by atoms with E-state index in [1.165, 1.54) is 11.9 Å². The topological polar surface area (TPSA) is 157 Å². The van der Waals surface area contributed by atoms with E-state index < -0.39 is 39.3 Å². The number of ether oxygens (including phenoxy) is 1. The van der Waals surface area contributed by atoms with E-state index in [0.29, 0.717) is 6.61 Å². The Labute approximate surface area is 170 Å². The van der Waals surface area contributed by atoms with Gasteiger partial charge < -0.3 is 25.0 Å². The maximum absolute atomic E-state index is 12.7. The lowest BCUT2D eigenvalue weighted by atomic mass is 10.1. The standard InChI is InChI=1S/C20H17N3O7/c1-22(10-11-2-3-12-4-5-30-17(12)6-11)20(27)14(9-21)18(25)13-7-15(23(28)29)19(26)16(24)8-13/h2-3,6-8,24-26H,4-5,10H2,1H3/b18-14-. The second-order valence-electron chi connectivity index (χ2n) is 6.66. The molecule has 0 unspecified atom stereocenters. The molecule has 2 aromatic rings. The summed E-state index contributed by atoms with van der Waals surface area (Å²) in [4.78, 5) is 23.9. The Hall–Kier alpha value is -4.26. The summed E-state index contributed by atoms with van der Waals surface area (Å²) in [5.74, 6) is -2.81. The van der Waals surface area contributed by atoms with E-state index in [1.54, 1.807) is 12.1 Å². The normalized spacial score (nSPS) is 12.9. The van der Waals surface area contributed by atoms with Crippen LogP contribution in [-0.2, 0) is 17.8 Å². The number of nitrogens with zero attached hydrogens (tertiary/aromatic N) is 3. The molecule has 154 valence electrons. The molecule has 0 aromatic heterocycles. The number of aliphatic hydroxyl groups is 1. The average Bonchev–Trinajstić information content (AvgIpc) is 3.17. The van der Waals surface area contributed by atoms with Crippen LogP contribution in [0.2, 0.25) is 0 Å². The smallest absolute Gasteiger partial charge is 0.315 e. The van der Waals surface area contributed by atoms with Crippen LogP contribution in [-0.4, -0.2) is 44.7 Å². The van der Waals surface area contributed by atoms with E-state index in [-0.39, 0.29) is 12.1 Å². The molecule has 1 amide bonds. The molecule has 0 fully saturated rings. The van der Waals surface area contributed by atoms with Crippen molar-refractivity contribution in [1.82, 2.24) is 4.90 Å². The van der Waals surface area contributed by atoms with Gasteiger partial charge in [0.25, 0.3) is 5.91 Å². The molecule has 0 aliphatic carbocycles. The van der Waals surface area contributed by atoms with Crippen LogP contribution in [0, 0.1) is 21.4 Å². The molecular weight excluding hydrogens is 394 g/mol. The van der Waals surface area contributed by atoms with E-state index in [9.17, 15) is 35.5 Å². The van der Waals surface area contributed by atoms with Crippen molar-refractivity contribution in [3.63, 3.8) is 0 Å². The van der Waals surface area contributed by atoms with Gasteiger partial charge in [-0.05, 0) is 23.3 Å². The highest BCUT2D eigenvalue weighted by Gasteiger charge is 2.25. The summed E-state index contributed by atoms with van der Waals surface area (Å²) >= 11 is 0. The summed E-state index contributed by atoms with van der Waals surface area (Å²) in [7, 11) is 1.43. The van der Waals surface area contributed by atoms with Crippen molar-refractivity contribution in [3.05, 3.63) is 62.7 Å². The van der Waals surface area contributed by atoms with Crippen LogP contribution in [0.1, 0.15) is 16.7 Å². The van der Waals surface area contributed by atoms with Crippen molar-refractivity contribution in [2.24, 2.45) is 0 Å². The molecule has 30 heavy (non-hydrogen) atoms. The highest BCUT2D eigenvalue weighted by Crippen LogP contribution is 2.38. The summed E-state index contributed by atoms with van der Waals surface area (Å²) < 4.78 is 5.49. The summed E-state index contributed by atoms with van der Waals surface area (Å²) in [6.45, 7) is 0.712. The summed E-state index contributed by atoms with van der Waals surface area (Å²) in [5.41, 5.74) is -0.0961. The lowest BCUT2D eigenvalue weighted by Crippen LogP contribution is -2.28. The van der Waals surface area contributed by atoms with Crippen LogP contribution in [0.3, 0.4) is 0 Å². The van der Waals surface area contributed by atoms with Gasteiger partial charge in [0.15, 0.2) is 11.3 Å². The molecular formula is C20H17N3O7. The molecule has 0 spiro atoms. The van der Waals surface area contributed by atoms with Crippen LogP contribution in [0.4, 0.5) is 5.69 Å². The molecule has 3 N–H and O–H groups in total. The van der Waals surface area contributed by atoms with Gasteiger partial charge in [-0.1, -0.05) is 12.1 Å². The first-order chi connectivity index (χ1) is 14.2. The number of aliphatic hydroxyl groups excluding tert-OH is 1. The number of benzene rings is 2. The highest BCUT2D eigenvalue weighted by molar-refractivity contribution is 6.03. The molecule has 2 aromatic carbocycles. The molecule has 0 saturated heterocycles. The zero-order valence-corrected chi connectivity index (χ0v) is 15.8. The lowest BCUT2D eigenvalue weighted by Gasteiger charge is -2.18. The number of phenols is 2. The number of nitro groups is 1. The maximum atomic E-state index is 12.7. The Morgan fingerprint density at radius 2 is 2.07 bits per heavy atom. The summed E-state index contributed by atoms with van der Waals surface area (Å²) in [6, 6.07) is 8.69. The fourth-order valence-corrected chi connectivity index (χ4v) is 3.07. The molecule has 0 radical (unpaired) electrons. The molecule has 3 rings (SSSR count). The van der Waals surface area contributed by atoms with Crippen molar-refractivity contribution in [1.29, 1.82) is 5.26 Å². The van der Waals surface area contributed by atoms with Gasteiger partial charge in [0.2, 0.25) is 5.75 Å². The van der Waals surface area contributed by atoms with Gasteiger partial charge in [0, 0.05) is 31.6 Å². The summed E-state index contributed by atoms with van der Waals surface area (Å²) in [6.07, 6.45) is 0.811. The van der Waals surface area contributed by atoms with Gasteiger partial charge in [-0.3, -0.25) is 14.9 Å². The van der Waals surface area contributed by atoms with E-state index in [0.717, 1.165) is 35.4 Å². The molecule has 0 bridgehead atoms. The van der Waals surface area contributed by atoms with Gasteiger partial charge in [-0.2, -0.15) is 5.26 Å². The first-order valence-corrected chi connectivity index (χ1v) is 8.77. The second-order valence-corrected chi connectivity index (χ2v) is 6.66. The first kappa shape index (κ1) is 20.5. The third kappa shape index (κ3) is 3.81. The predicted molar refractivity (Wildman–Crippen MR) is 104 cm³/mol. The summed E-state index contributed by atoms with van der Waals surface area (Å²) in [5, 5.41) is 50.0. The highest BCUT2D eigenvalue weighted by atomic mass is 16.6. The van der Waals surface area contributed by atoms with Crippen molar-refractivity contribution in [2.75, 3.05) is 13.7 Å². The Morgan fingerprint density at radius 3 is 2.73 bits per heavy atom. The number of aromatic hydroxyl groups is 2. The molecule has 1 aliphatic rings. The van der Waals surface area contributed by atoms with Crippen LogP contribution in [0.15, 0.2) is 35.9 Å². The number of fused-ring (bicyclic) bond motifs is 1. The monoisotopic (exact) mass is 411 g/mol. The third-order valence-electron chi connectivity index (χ3n) is 4.63. The van der Waals surface area contributed by atoms with Gasteiger partial charge in [-0.25, -0.2) is 0 Å². The number of likely N-dealkylation sites (N-methyl/N-ethyl adjacent to an activating group) is 1. The van der Waals surface area contributed by atoms with Gasteiger partial charge in [0.05, 0.1) is 11.5 Å². The van der Waals surface area contributed by atoms with Crippen LogP contribution < -0.4 is 4.74 Å². The largest absolute Gasteiger partial charge is 0.506 e. The number of nitriles is 1. The number of phenolic OH excluding ortho intramolecular Hbond substituents is 2. The molecule has 10 heteroatoms. The van der Waals surface area contributed by atoms with Crippen molar-refractivity contribution in [2.45, 2.75) is 13.0 Å². The van der Waals surface area contributed by atoms with E-state index >= 15 is 0 Å². The van der Waals surface area contributed by atoms with Crippen molar-refractivity contribution >= 4 is 17.4 Å².